The molecule has 0 fully saturated rings. The largest absolute Gasteiger partial charge is 0.548 e. The van der Waals surface area contributed by atoms with Crippen LogP contribution in [-0.4, -0.2) is 20.8 Å². The number of carboxylic acid groups (broad SMARTS) is 1. The van der Waals surface area contributed by atoms with Crippen LogP contribution in [0.5, 0.6) is 0 Å². The van der Waals surface area contributed by atoms with E-state index >= 15 is 0 Å². The maximum Gasteiger partial charge on any atom is 0.169 e. The number of rotatable bonds is 4. The van der Waals surface area contributed by atoms with Gasteiger partial charge in [-0.1, -0.05) is 37.7 Å². The summed E-state index contributed by atoms with van der Waals surface area (Å²) in [5.41, 5.74) is 1.65. The zero-order chi connectivity index (χ0) is 12.4. The molecule has 0 bridgehead atoms. The van der Waals surface area contributed by atoms with Gasteiger partial charge >= 0.3 is 0 Å². The van der Waals surface area contributed by atoms with Crippen LogP contribution in [0.1, 0.15) is 13.8 Å². The molecule has 0 saturated carbocycles. The van der Waals surface area contributed by atoms with Crippen LogP contribution in [0, 0.1) is 0 Å². The number of nitrogens with zero attached hydrogens (tertiary/aromatic N) is 2. The SMILES string of the molecule is CC(C)Sc1nc2ccccc2n1CC(=O)[O-]. The van der Waals surface area contributed by atoms with Crippen LogP contribution in [0.4, 0.5) is 0 Å². The summed E-state index contributed by atoms with van der Waals surface area (Å²) in [6.07, 6.45) is 0. The summed E-state index contributed by atoms with van der Waals surface area (Å²) in [5.74, 6) is -1.10. The van der Waals surface area contributed by atoms with Gasteiger partial charge in [0, 0.05) is 5.25 Å². The minimum atomic E-state index is -1.10. The first-order valence-electron chi connectivity index (χ1n) is 5.39. The first-order chi connectivity index (χ1) is 8.08. The molecular formula is C12H13N2O2S-. The maximum absolute atomic E-state index is 10.8. The van der Waals surface area contributed by atoms with Crippen molar-refractivity contribution in [2.24, 2.45) is 0 Å². The molecular weight excluding hydrogens is 236 g/mol. The van der Waals surface area contributed by atoms with Crippen molar-refractivity contribution in [2.75, 3.05) is 0 Å². The van der Waals surface area contributed by atoms with E-state index in [0.717, 1.165) is 16.2 Å². The molecule has 0 radical (unpaired) electrons. The van der Waals surface area contributed by atoms with Crippen molar-refractivity contribution in [2.45, 2.75) is 30.8 Å². The highest BCUT2D eigenvalue weighted by Crippen LogP contribution is 2.26. The van der Waals surface area contributed by atoms with Crippen LogP contribution in [-0.2, 0) is 11.3 Å². The van der Waals surface area contributed by atoms with Crippen molar-refractivity contribution < 1.29 is 9.90 Å². The number of fused-ring (bicyclic) bond motifs is 1. The Kier molecular flexibility index (Phi) is 3.38. The van der Waals surface area contributed by atoms with Crippen LogP contribution in [0.3, 0.4) is 0 Å². The monoisotopic (exact) mass is 249 g/mol. The predicted molar refractivity (Wildman–Crippen MR) is 65.7 cm³/mol. The first-order valence-corrected chi connectivity index (χ1v) is 6.27. The third kappa shape index (κ3) is 2.61. The molecule has 0 aliphatic carbocycles. The number of para-hydroxylation sites is 2. The Morgan fingerprint density at radius 3 is 2.82 bits per heavy atom. The fraction of sp³-hybridized carbons (Fsp3) is 0.333. The molecule has 1 aromatic heterocycles. The van der Waals surface area contributed by atoms with E-state index in [-0.39, 0.29) is 6.54 Å². The van der Waals surface area contributed by atoms with Crippen molar-refractivity contribution in [1.82, 2.24) is 9.55 Å². The molecule has 0 N–H and O–H groups in total. The van der Waals surface area contributed by atoms with Crippen LogP contribution >= 0.6 is 11.8 Å². The summed E-state index contributed by atoms with van der Waals surface area (Å²) in [4.78, 5) is 15.2. The Labute approximate surface area is 104 Å². The third-order valence-corrected chi connectivity index (χ3v) is 3.24. The fourth-order valence-corrected chi connectivity index (χ4v) is 2.50. The number of aromatic nitrogens is 2. The normalized spacial score (nSPS) is 11.2. The van der Waals surface area contributed by atoms with Crippen LogP contribution < -0.4 is 5.11 Å². The molecule has 2 aromatic rings. The quantitative estimate of drug-likeness (QED) is 0.766. The summed E-state index contributed by atoms with van der Waals surface area (Å²) < 4.78 is 1.69. The molecule has 0 unspecified atom stereocenters. The molecule has 0 aliphatic heterocycles. The molecule has 0 aliphatic rings. The number of carbonyl (C=O) groups is 1. The Bertz CT molecular complexity index is 548. The first kappa shape index (κ1) is 12.0. The number of benzene rings is 1. The number of carboxylic acids is 1. The van der Waals surface area contributed by atoms with E-state index in [1.54, 1.807) is 16.3 Å². The minimum Gasteiger partial charge on any atom is -0.548 e. The van der Waals surface area contributed by atoms with Gasteiger partial charge in [-0.05, 0) is 12.1 Å². The molecule has 4 nitrogen and oxygen atoms in total. The average molecular weight is 249 g/mol. The second-order valence-corrected chi connectivity index (χ2v) is 5.55. The lowest BCUT2D eigenvalue weighted by atomic mass is 10.3. The Morgan fingerprint density at radius 1 is 1.47 bits per heavy atom. The summed E-state index contributed by atoms with van der Waals surface area (Å²) in [6.45, 7) is 3.94. The molecule has 17 heavy (non-hydrogen) atoms. The van der Waals surface area contributed by atoms with Crippen molar-refractivity contribution in [3.05, 3.63) is 24.3 Å². The zero-order valence-electron chi connectivity index (χ0n) is 9.71. The molecule has 2 rings (SSSR count). The fourth-order valence-electron chi connectivity index (χ4n) is 1.64. The lowest BCUT2D eigenvalue weighted by molar-refractivity contribution is -0.306. The van der Waals surface area contributed by atoms with Gasteiger partial charge in [0.25, 0.3) is 0 Å². The van der Waals surface area contributed by atoms with Crippen LogP contribution in [0.15, 0.2) is 29.4 Å². The molecule has 90 valence electrons. The summed E-state index contributed by atoms with van der Waals surface area (Å²) in [5, 5.41) is 11.9. The minimum absolute atomic E-state index is 0.157. The van der Waals surface area contributed by atoms with E-state index in [1.165, 1.54) is 0 Å². The van der Waals surface area contributed by atoms with E-state index in [0.29, 0.717) is 5.25 Å². The predicted octanol–water partition coefficient (Wildman–Crippen LogP) is 1.29. The topological polar surface area (TPSA) is 58.0 Å². The van der Waals surface area contributed by atoms with Gasteiger partial charge < -0.3 is 14.5 Å². The van der Waals surface area contributed by atoms with Crippen LogP contribution in [0.2, 0.25) is 0 Å². The number of carbonyl (C=O) groups excluding carboxylic acids is 1. The molecule has 0 saturated heterocycles. The van der Waals surface area contributed by atoms with Gasteiger partial charge in [0.2, 0.25) is 0 Å². The molecule has 0 atom stereocenters. The lowest BCUT2D eigenvalue weighted by Gasteiger charge is -2.10. The van der Waals surface area contributed by atoms with Crippen molar-refractivity contribution in [1.29, 1.82) is 0 Å². The number of imidazole rings is 1. The molecule has 5 heteroatoms. The van der Waals surface area contributed by atoms with E-state index in [4.69, 9.17) is 0 Å². The van der Waals surface area contributed by atoms with E-state index in [2.05, 4.69) is 4.98 Å². The summed E-state index contributed by atoms with van der Waals surface area (Å²) in [7, 11) is 0. The zero-order valence-corrected chi connectivity index (χ0v) is 10.5. The van der Waals surface area contributed by atoms with Gasteiger partial charge in [0.1, 0.15) is 0 Å². The average Bonchev–Trinajstić information content (AvgIpc) is 2.55. The van der Waals surface area contributed by atoms with Gasteiger partial charge in [0.15, 0.2) is 5.16 Å². The highest BCUT2D eigenvalue weighted by atomic mass is 32.2. The van der Waals surface area contributed by atoms with Crippen LogP contribution in [0.25, 0.3) is 11.0 Å². The van der Waals surface area contributed by atoms with Crippen molar-refractivity contribution in [3.63, 3.8) is 0 Å². The Balaban J connectivity index is 2.52. The van der Waals surface area contributed by atoms with Gasteiger partial charge in [-0.2, -0.15) is 0 Å². The third-order valence-electron chi connectivity index (χ3n) is 2.25. The van der Waals surface area contributed by atoms with Crippen molar-refractivity contribution >= 4 is 28.8 Å². The second-order valence-electron chi connectivity index (χ2n) is 4.01. The van der Waals surface area contributed by atoms with Gasteiger partial charge in [-0.15, -0.1) is 0 Å². The standard InChI is InChI=1S/C12H14N2O2S/c1-8(2)17-12-13-9-5-3-4-6-10(9)14(12)7-11(15)16/h3-6,8H,7H2,1-2H3,(H,15,16)/p-1. The molecule has 1 aromatic carbocycles. The van der Waals surface area contributed by atoms with Gasteiger partial charge in [-0.25, -0.2) is 4.98 Å². The summed E-state index contributed by atoms with van der Waals surface area (Å²) >= 11 is 1.55. The van der Waals surface area contributed by atoms with Gasteiger partial charge in [0.05, 0.1) is 23.5 Å². The number of thioether (sulfide) groups is 1. The number of hydrogen-bond donors (Lipinski definition) is 0. The molecule has 0 amide bonds. The highest BCUT2D eigenvalue weighted by Gasteiger charge is 2.12. The maximum atomic E-state index is 10.8. The van der Waals surface area contributed by atoms with E-state index in [9.17, 15) is 9.90 Å². The smallest absolute Gasteiger partial charge is 0.169 e. The lowest BCUT2D eigenvalue weighted by Crippen LogP contribution is -2.27. The Hall–Kier alpha value is -1.49. The van der Waals surface area contributed by atoms with Crippen molar-refractivity contribution in [3.8, 4) is 0 Å². The van der Waals surface area contributed by atoms with E-state index < -0.39 is 5.97 Å². The molecule has 1 heterocycles. The Morgan fingerprint density at radius 2 is 2.18 bits per heavy atom. The van der Waals surface area contributed by atoms with E-state index in [1.807, 2.05) is 38.1 Å². The van der Waals surface area contributed by atoms with Gasteiger partial charge in [-0.3, -0.25) is 0 Å². The number of hydrogen-bond acceptors (Lipinski definition) is 4. The number of aliphatic carboxylic acids is 1. The molecule has 0 spiro atoms. The summed E-state index contributed by atoms with van der Waals surface area (Å²) in [6, 6.07) is 7.52. The highest BCUT2D eigenvalue weighted by molar-refractivity contribution is 7.99. The second kappa shape index (κ2) is 4.79.